The average Bonchev–Trinajstić information content (AvgIpc) is 3.48. The molecule has 0 spiro atoms. The van der Waals surface area contributed by atoms with Crippen molar-refractivity contribution in [3.8, 4) is 11.3 Å². The molecule has 3 heterocycles. The highest BCUT2D eigenvalue weighted by atomic mass is 32.2. The fraction of sp³-hybridized carbons (Fsp3) is 0.273. The molecule has 0 aliphatic heterocycles. The molecule has 5 rings (SSSR count). The largest absolute Gasteiger partial charge is 0.301 e. The lowest BCUT2D eigenvalue weighted by atomic mass is 10.2. The quantitative estimate of drug-likeness (QED) is 0.322. The van der Waals surface area contributed by atoms with Crippen LogP contribution in [0, 0.1) is 5.82 Å². The number of hydrogen-bond acceptors (Lipinski definition) is 7. The first-order chi connectivity index (χ1) is 15.4. The molecule has 1 aliphatic rings. The van der Waals surface area contributed by atoms with Crippen LogP contribution in [0.2, 0.25) is 0 Å². The Hall–Kier alpha value is -2.56. The van der Waals surface area contributed by atoms with Gasteiger partial charge in [-0.15, -0.1) is 22.7 Å². The molecule has 4 aromatic rings. The van der Waals surface area contributed by atoms with Gasteiger partial charge in [0, 0.05) is 22.9 Å². The number of anilines is 1. The summed E-state index contributed by atoms with van der Waals surface area (Å²) >= 11 is 4.15. The highest BCUT2D eigenvalue weighted by Crippen LogP contribution is 2.36. The van der Waals surface area contributed by atoms with E-state index in [0.717, 1.165) is 40.6 Å². The summed E-state index contributed by atoms with van der Waals surface area (Å²) in [6.07, 6.45) is 3.04. The first-order valence-corrected chi connectivity index (χ1v) is 12.7. The van der Waals surface area contributed by atoms with Crippen LogP contribution in [0.5, 0.6) is 0 Å². The number of thiophene rings is 1. The molecule has 0 saturated carbocycles. The number of benzene rings is 1. The van der Waals surface area contributed by atoms with E-state index in [-0.39, 0.29) is 17.3 Å². The molecule has 32 heavy (non-hydrogen) atoms. The summed E-state index contributed by atoms with van der Waals surface area (Å²) in [7, 11) is 1.70. The van der Waals surface area contributed by atoms with Gasteiger partial charge < -0.3 is 5.32 Å². The molecule has 6 nitrogen and oxygen atoms in total. The van der Waals surface area contributed by atoms with E-state index in [2.05, 4.69) is 10.3 Å². The lowest BCUT2D eigenvalue weighted by Gasteiger charge is -2.12. The molecule has 1 atom stereocenters. The molecule has 1 aromatic carbocycles. The number of fused-ring (bicyclic) bond motifs is 3. The number of thioether (sulfide) groups is 1. The molecule has 1 amide bonds. The molecular formula is C22H19FN4O2S3. The van der Waals surface area contributed by atoms with Gasteiger partial charge in [0.2, 0.25) is 5.91 Å². The number of aromatic nitrogens is 3. The maximum atomic E-state index is 13.1. The van der Waals surface area contributed by atoms with Crippen molar-refractivity contribution >= 4 is 55.7 Å². The summed E-state index contributed by atoms with van der Waals surface area (Å²) in [5, 5.41) is 5.90. The molecule has 10 heteroatoms. The van der Waals surface area contributed by atoms with Crippen molar-refractivity contribution in [2.24, 2.45) is 7.05 Å². The SMILES string of the molecule is CC(Sc1nc2sc3c(c2c(=O)n1C)CCC3)C(=O)Nc1nc(-c2ccc(F)cc2)cs1. The predicted octanol–water partition coefficient (Wildman–Crippen LogP) is 4.87. The molecule has 1 unspecified atom stereocenters. The van der Waals surface area contributed by atoms with Gasteiger partial charge in [0.25, 0.3) is 5.56 Å². The smallest absolute Gasteiger partial charge is 0.262 e. The fourth-order valence-corrected chi connectivity index (χ4v) is 6.61. The van der Waals surface area contributed by atoms with E-state index in [9.17, 15) is 14.0 Å². The highest BCUT2D eigenvalue weighted by molar-refractivity contribution is 8.00. The summed E-state index contributed by atoms with van der Waals surface area (Å²) in [6.45, 7) is 1.78. The van der Waals surface area contributed by atoms with Crippen LogP contribution < -0.4 is 10.9 Å². The van der Waals surface area contributed by atoms with Crippen LogP contribution in [-0.4, -0.2) is 25.7 Å². The van der Waals surface area contributed by atoms with E-state index < -0.39 is 5.25 Å². The number of rotatable bonds is 5. The second-order valence-electron chi connectivity index (χ2n) is 7.59. The maximum absolute atomic E-state index is 13.1. The van der Waals surface area contributed by atoms with Crippen molar-refractivity contribution in [2.75, 3.05) is 5.32 Å². The standard InChI is InChI=1S/C22H19FN4O2S3/c1-11(18(28)25-21-24-15(10-30-21)12-6-8-13(23)9-7-12)31-22-26-19-17(20(29)27(22)2)14-4-3-5-16(14)32-19/h6-11H,3-5H2,1-2H3,(H,24,25,28). The summed E-state index contributed by atoms with van der Waals surface area (Å²) in [6, 6.07) is 6.05. The van der Waals surface area contributed by atoms with Crippen molar-refractivity contribution in [3.63, 3.8) is 0 Å². The number of thiazole rings is 1. The second-order valence-corrected chi connectivity index (χ2v) is 10.8. The maximum Gasteiger partial charge on any atom is 0.262 e. The highest BCUT2D eigenvalue weighted by Gasteiger charge is 2.24. The van der Waals surface area contributed by atoms with Crippen LogP contribution in [-0.2, 0) is 24.7 Å². The third-order valence-electron chi connectivity index (χ3n) is 5.43. The van der Waals surface area contributed by atoms with Crippen molar-refractivity contribution in [1.82, 2.24) is 14.5 Å². The zero-order valence-electron chi connectivity index (χ0n) is 17.3. The van der Waals surface area contributed by atoms with Gasteiger partial charge in [-0.1, -0.05) is 11.8 Å². The Morgan fingerprint density at radius 2 is 2.03 bits per heavy atom. The normalized spacial score (nSPS) is 14.0. The van der Waals surface area contributed by atoms with Crippen LogP contribution in [0.25, 0.3) is 21.5 Å². The van der Waals surface area contributed by atoms with E-state index >= 15 is 0 Å². The number of hydrogen-bond donors (Lipinski definition) is 1. The Morgan fingerprint density at radius 1 is 1.25 bits per heavy atom. The molecular weight excluding hydrogens is 467 g/mol. The van der Waals surface area contributed by atoms with Crippen LogP contribution >= 0.6 is 34.4 Å². The van der Waals surface area contributed by atoms with Gasteiger partial charge in [-0.05, 0) is 56.0 Å². The predicted molar refractivity (Wildman–Crippen MR) is 128 cm³/mol. The lowest BCUT2D eigenvalue weighted by molar-refractivity contribution is -0.115. The summed E-state index contributed by atoms with van der Waals surface area (Å²) < 4.78 is 14.7. The van der Waals surface area contributed by atoms with Crippen LogP contribution in [0.1, 0.15) is 23.8 Å². The number of nitrogens with one attached hydrogen (secondary N) is 1. The summed E-state index contributed by atoms with van der Waals surface area (Å²) in [5.74, 6) is -0.533. The minimum absolute atomic E-state index is 0.0478. The van der Waals surface area contributed by atoms with E-state index in [1.54, 1.807) is 37.4 Å². The Bertz CT molecular complexity index is 1390. The van der Waals surface area contributed by atoms with Crippen LogP contribution in [0.4, 0.5) is 9.52 Å². The molecule has 0 saturated heterocycles. The third-order valence-corrected chi connectivity index (χ3v) is 8.52. The molecule has 0 bridgehead atoms. The summed E-state index contributed by atoms with van der Waals surface area (Å²) in [4.78, 5) is 36.9. The molecule has 0 fully saturated rings. The average molecular weight is 487 g/mol. The topological polar surface area (TPSA) is 76.9 Å². The van der Waals surface area contributed by atoms with Gasteiger partial charge >= 0.3 is 0 Å². The van der Waals surface area contributed by atoms with Crippen molar-refractivity contribution in [3.05, 3.63) is 56.3 Å². The molecule has 164 valence electrons. The molecule has 3 aromatic heterocycles. The number of carbonyl (C=O) groups excluding carboxylic acids is 1. The number of amides is 1. The Labute approximate surface area is 195 Å². The van der Waals surface area contributed by atoms with Gasteiger partial charge in [0.1, 0.15) is 10.6 Å². The van der Waals surface area contributed by atoms with E-state index in [1.165, 1.54) is 44.7 Å². The van der Waals surface area contributed by atoms with E-state index in [1.807, 2.05) is 5.38 Å². The van der Waals surface area contributed by atoms with Gasteiger partial charge in [-0.2, -0.15) is 0 Å². The fourth-order valence-electron chi connectivity index (χ4n) is 3.71. The summed E-state index contributed by atoms with van der Waals surface area (Å²) in [5.41, 5.74) is 2.56. The van der Waals surface area contributed by atoms with Gasteiger partial charge in [0.15, 0.2) is 10.3 Å². The number of aryl methyl sites for hydroxylation is 2. The van der Waals surface area contributed by atoms with Crippen molar-refractivity contribution in [2.45, 2.75) is 36.6 Å². The van der Waals surface area contributed by atoms with Gasteiger partial charge in [-0.25, -0.2) is 14.4 Å². The number of nitrogens with zero attached hydrogens (tertiary/aromatic N) is 3. The molecule has 0 radical (unpaired) electrons. The minimum atomic E-state index is -0.476. The van der Waals surface area contributed by atoms with Crippen molar-refractivity contribution in [1.29, 1.82) is 0 Å². The zero-order valence-corrected chi connectivity index (χ0v) is 19.8. The second kappa shape index (κ2) is 8.42. The van der Waals surface area contributed by atoms with E-state index in [0.29, 0.717) is 16.0 Å². The Morgan fingerprint density at radius 3 is 2.81 bits per heavy atom. The number of halogens is 1. The lowest BCUT2D eigenvalue weighted by Crippen LogP contribution is -2.25. The monoisotopic (exact) mass is 486 g/mol. The Balaban J connectivity index is 1.32. The molecule has 1 aliphatic carbocycles. The zero-order chi connectivity index (χ0) is 22.4. The number of carbonyl (C=O) groups is 1. The van der Waals surface area contributed by atoms with Gasteiger partial charge in [-0.3, -0.25) is 14.2 Å². The van der Waals surface area contributed by atoms with Gasteiger partial charge in [0.05, 0.1) is 16.3 Å². The first kappa shape index (κ1) is 21.3. The van der Waals surface area contributed by atoms with E-state index in [4.69, 9.17) is 4.98 Å². The van der Waals surface area contributed by atoms with Crippen LogP contribution in [0.3, 0.4) is 0 Å². The Kier molecular flexibility index (Phi) is 5.60. The van der Waals surface area contributed by atoms with Crippen molar-refractivity contribution < 1.29 is 9.18 Å². The van der Waals surface area contributed by atoms with Crippen LogP contribution in [0.15, 0.2) is 39.6 Å². The first-order valence-electron chi connectivity index (χ1n) is 10.1. The minimum Gasteiger partial charge on any atom is -0.301 e. The molecule has 1 N–H and O–H groups in total. The third kappa shape index (κ3) is 3.87.